The van der Waals surface area contributed by atoms with Gasteiger partial charge in [-0.05, 0) is 49.2 Å². The van der Waals surface area contributed by atoms with Crippen molar-refractivity contribution < 1.29 is 4.39 Å². The van der Waals surface area contributed by atoms with Crippen LogP contribution in [0.25, 0.3) is 11.0 Å². The van der Waals surface area contributed by atoms with E-state index >= 15 is 0 Å². The molecule has 2 heterocycles. The second-order valence-electron chi connectivity index (χ2n) is 8.13. The van der Waals surface area contributed by atoms with Gasteiger partial charge in [0.1, 0.15) is 5.82 Å². The first-order valence-corrected chi connectivity index (χ1v) is 10.9. The molecular formula is C23H22ClFN6. The van der Waals surface area contributed by atoms with Crippen molar-refractivity contribution in [2.24, 2.45) is 0 Å². The highest BCUT2D eigenvalue weighted by atomic mass is 35.5. The van der Waals surface area contributed by atoms with Gasteiger partial charge in [0.05, 0.1) is 22.7 Å². The Labute approximate surface area is 185 Å². The van der Waals surface area contributed by atoms with Crippen molar-refractivity contribution in [1.82, 2.24) is 14.9 Å². The maximum Gasteiger partial charge on any atom is 0.172 e. The highest BCUT2D eigenvalue weighted by molar-refractivity contribution is 6.30. The molecule has 1 aromatic heterocycles. The highest BCUT2D eigenvalue weighted by Gasteiger charge is 2.27. The first-order valence-electron chi connectivity index (χ1n) is 10.5. The molecule has 2 aliphatic rings. The standard InChI is InChI=1S/C23H22ClFN6/c24-17-2-5-19(25)16(12-17)14-30-7-9-31(10-8-30)23-22(27-18-3-4-18)28-21-11-15(13-26)1-6-20(21)29-23/h1-2,5-6,11-12,18H,3-4,7-10,14H2,(H,27,28). The van der Waals surface area contributed by atoms with Gasteiger partial charge in [-0.25, -0.2) is 14.4 Å². The first kappa shape index (κ1) is 20.0. The Morgan fingerprint density at radius 3 is 2.61 bits per heavy atom. The lowest BCUT2D eigenvalue weighted by atomic mass is 10.2. The minimum Gasteiger partial charge on any atom is -0.364 e. The number of nitriles is 1. The van der Waals surface area contributed by atoms with Crippen LogP contribution >= 0.6 is 11.6 Å². The molecule has 6 nitrogen and oxygen atoms in total. The van der Waals surface area contributed by atoms with Gasteiger partial charge in [-0.3, -0.25) is 4.90 Å². The van der Waals surface area contributed by atoms with E-state index in [9.17, 15) is 9.65 Å². The molecule has 0 amide bonds. The van der Waals surface area contributed by atoms with E-state index in [1.807, 2.05) is 6.07 Å². The summed E-state index contributed by atoms with van der Waals surface area (Å²) in [4.78, 5) is 14.2. The van der Waals surface area contributed by atoms with Crippen LogP contribution in [0.2, 0.25) is 5.02 Å². The Hall–Kier alpha value is -2.95. The summed E-state index contributed by atoms with van der Waals surface area (Å²) in [6, 6.07) is 12.7. The lowest BCUT2D eigenvalue weighted by Crippen LogP contribution is -2.46. The molecule has 1 aliphatic carbocycles. The van der Waals surface area contributed by atoms with E-state index in [1.54, 1.807) is 24.3 Å². The molecule has 0 atom stereocenters. The van der Waals surface area contributed by atoms with Crippen LogP contribution in [-0.2, 0) is 6.54 Å². The Kier molecular flexibility index (Phi) is 5.34. The van der Waals surface area contributed by atoms with Gasteiger partial charge in [-0.1, -0.05) is 11.6 Å². The van der Waals surface area contributed by atoms with Gasteiger partial charge in [0.2, 0.25) is 0 Å². The molecule has 31 heavy (non-hydrogen) atoms. The van der Waals surface area contributed by atoms with Crippen LogP contribution in [0.4, 0.5) is 16.0 Å². The van der Waals surface area contributed by atoms with Crippen LogP contribution in [0.1, 0.15) is 24.0 Å². The first-order chi connectivity index (χ1) is 15.1. The Morgan fingerprint density at radius 1 is 1.06 bits per heavy atom. The van der Waals surface area contributed by atoms with Crippen molar-refractivity contribution in [3.8, 4) is 6.07 Å². The quantitative estimate of drug-likeness (QED) is 0.646. The van der Waals surface area contributed by atoms with E-state index in [0.717, 1.165) is 61.7 Å². The molecule has 1 saturated carbocycles. The van der Waals surface area contributed by atoms with E-state index in [1.165, 1.54) is 6.07 Å². The number of benzene rings is 2. The summed E-state index contributed by atoms with van der Waals surface area (Å²) >= 11 is 6.04. The Bertz CT molecular complexity index is 1160. The summed E-state index contributed by atoms with van der Waals surface area (Å²) in [6.07, 6.45) is 2.27. The fourth-order valence-corrected chi connectivity index (χ4v) is 4.07. The summed E-state index contributed by atoms with van der Waals surface area (Å²) in [7, 11) is 0. The molecular weight excluding hydrogens is 415 g/mol. The summed E-state index contributed by atoms with van der Waals surface area (Å²) < 4.78 is 14.1. The molecule has 0 spiro atoms. The number of rotatable bonds is 5. The van der Waals surface area contributed by atoms with Gasteiger partial charge in [-0.2, -0.15) is 5.26 Å². The predicted octanol–water partition coefficient (Wildman–Crippen LogP) is 4.19. The topological polar surface area (TPSA) is 68.1 Å². The molecule has 5 rings (SSSR count). The fraction of sp³-hybridized carbons (Fsp3) is 0.348. The molecule has 1 saturated heterocycles. The molecule has 0 bridgehead atoms. The number of anilines is 2. The zero-order valence-electron chi connectivity index (χ0n) is 17.0. The molecule has 1 aliphatic heterocycles. The van der Waals surface area contributed by atoms with E-state index in [-0.39, 0.29) is 5.82 Å². The molecule has 0 unspecified atom stereocenters. The van der Waals surface area contributed by atoms with Gasteiger partial charge >= 0.3 is 0 Å². The van der Waals surface area contributed by atoms with Crippen LogP contribution in [0.15, 0.2) is 36.4 Å². The molecule has 2 fully saturated rings. The van der Waals surface area contributed by atoms with Gasteiger partial charge in [0.15, 0.2) is 11.6 Å². The van der Waals surface area contributed by atoms with Crippen LogP contribution in [-0.4, -0.2) is 47.1 Å². The third-order valence-corrected chi connectivity index (χ3v) is 6.00. The smallest absolute Gasteiger partial charge is 0.172 e. The maximum absolute atomic E-state index is 14.1. The van der Waals surface area contributed by atoms with Crippen LogP contribution in [0, 0.1) is 17.1 Å². The third kappa shape index (κ3) is 4.41. The average Bonchev–Trinajstić information content (AvgIpc) is 3.60. The SMILES string of the molecule is N#Cc1ccc2nc(N3CCN(Cc4cc(Cl)ccc4F)CC3)c(NC3CC3)nc2c1. The predicted molar refractivity (Wildman–Crippen MR) is 120 cm³/mol. The van der Waals surface area contributed by atoms with Crippen LogP contribution < -0.4 is 10.2 Å². The van der Waals surface area contributed by atoms with E-state index in [4.69, 9.17) is 21.6 Å². The molecule has 2 aromatic carbocycles. The minimum atomic E-state index is -0.222. The summed E-state index contributed by atoms with van der Waals surface area (Å²) in [5, 5.41) is 13.2. The number of nitrogens with one attached hydrogen (secondary N) is 1. The number of piperazine rings is 1. The number of hydrogen-bond acceptors (Lipinski definition) is 6. The van der Waals surface area contributed by atoms with Crippen LogP contribution in [0.5, 0.6) is 0 Å². The summed E-state index contributed by atoms with van der Waals surface area (Å²) in [6.45, 7) is 3.67. The molecule has 8 heteroatoms. The maximum atomic E-state index is 14.1. The monoisotopic (exact) mass is 436 g/mol. The third-order valence-electron chi connectivity index (χ3n) is 5.77. The Morgan fingerprint density at radius 2 is 1.87 bits per heavy atom. The number of hydrogen-bond donors (Lipinski definition) is 1. The van der Waals surface area contributed by atoms with Gasteiger partial charge in [0, 0.05) is 49.4 Å². The van der Waals surface area contributed by atoms with Crippen molar-refractivity contribution in [3.05, 3.63) is 58.4 Å². The minimum absolute atomic E-state index is 0.222. The summed E-state index contributed by atoms with van der Waals surface area (Å²) in [5.74, 6) is 1.40. The van der Waals surface area contributed by atoms with Gasteiger partial charge < -0.3 is 10.2 Å². The number of aromatic nitrogens is 2. The van der Waals surface area contributed by atoms with Crippen molar-refractivity contribution in [2.45, 2.75) is 25.4 Å². The van der Waals surface area contributed by atoms with Crippen molar-refractivity contribution in [1.29, 1.82) is 5.26 Å². The zero-order chi connectivity index (χ0) is 21.4. The van der Waals surface area contributed by atoms with Gasteiger partial charge in [-0.15, -0.1) is 0 Å². The lowest BCUT2D eigenvalue weighted by Gasteiger charge is -2.36. The lowest BCUT2D eigenvalue weighted by molar-refractivity contribution is 0.246. The molecule has 0 radical (unpaired) electrons. The fourth-order valence-electron chi connectivity index (χ4n) is 3.88. The normalized spacial score (nSPS) is 17.0. The van der Waals surface area contributed by atoms with E-state index < -0.39 is 0 Å². The molecule has 158 valence electrons. The number of nitrogens with zero attached hydrogens (tertiary/aromatic N) is 5. The molecule has 3 aromatic rings. The van der Waals surface area contributed by atoms with E-state index in [0.29, 0.717) is 28.7 Å². The molecule has 1 N–H and O–H groups in total. The van der Waals surface area contributed by atoms with Crippen LogP contribution in [0.3, 0.4) is 0 Å². The largest absolute Gasteiger partial charge is 0.364 e. The van der Waals surface area contributed by atoms with Crippen molar-refractivity contribution >= 4 is 34.3 Å². The highest BCUT2D eigenvalue weighted by Crippen LogP contribution is 2.31. The van der Waals surface area contributed by atoms with Crippen molar-refractivity contribution in [2.75, 3.05) is 36.4 Å². The number of fused-ring (bicyclic) bond motifs is 1. The number of halogens is 2. The van der Waals surface area contributed by atoms with E-state index in [2.05, 4.69) is 21.2 Å². The second kappa shape index (κ2) is 8.29. The second-order valence-corrected chi connectivity index (χ2v) is 8.57. The zero-order valence-corrected chi connectivity index (χ0v) is 17.7. The Balaban J connectivity index is 1.35. The van der Waals surface area contributed by atoms with Gasteiger partial charge in [0.25, 0.3) is 0 Å². The summed E-state index contributed by atoms with van der Waals surface area (Å²) in [5.41, 5.74) is 2.70. The average molecular weight is 437 g/mol. The van der Waals surface area contributed by atoms with Crippen molar-refractivity contribution in [3.63, 3.8) is 0 Å².